The van der Waals surface area contributed by atoms with Gasteiger partial charge < -0.3 is 15.5 Å². The van der Waals surface area contributed by atoms with E-state index in [4.69, 9.17) is 0 Å². The zero-order valence-electron chi connectivity index (χ0n) is 17.9. The van der Waals surface area contributed by atoms with Gasteiger partial charge in [0.2, 0.25) is 0 Å². The summed E-state index contributed by atoms with van der Waals surface area (Å²) in [4.78, 5) is 8.95. The Morgan fingerprint density at radius 3 is 2.55 bits per heavy atom. The van der Waals surface area contributed by atoms with Crippen molar-refractivity contribution in [2.75, 3.05) is 46.8 Å². The van der Waals surface area contributed by atoms with Gasteiger partial charge in [-0.25, -0.2) is 8.78 Å². The fourth-order valence-electron chi connectivity index (χ4n) is 3.42. The summed E-state index contributed by atoms with van der Waals surface area (Å²) in [5.41, 5.74) is 0.815. The Balaban J connectivity index is 0.00000420. The van der Waals surface area contributed by atoms with Gasteiger partial charge in [-0.05, 0) is 50.6 Å². The summed E-state index contributed by atoms with van der Waals surface area (Å²) in [7, 11) is 3.95. The maximum absolute atomic E-state index is 13.4. The molecule has 1 saturated heterocycles. The Kier molecular flexibility index (Phi) is 12.6. The first-order chi connectivity index (χ1) is 13.5. The molecule has 1 aliphatic heterocycles. The standard InChI is InChI=1S/C21H35F2N5.HI/c1-4-5-11-27(3)14-10-25-21(24-2)26-18-8-12-28(13-9-18)16-17-6-7-19(22)20(23)15-17;/h6-7,15,18H,4-5,8-14,16H2,1-3H3,(H2,24,25,26);1H. The Morgan fingerprint density at radius 2 is 1.93 bits per heavy atom. The number of unbranched alkanes of at least 4 members (excludes halogenated alkanes) is 1. The summed E-state index contributed by atoms with van der Waals surface area (Å²) >= 11 is 0. The van der Waals surface area contributed by atoms with Crippen LogP contribution in [0.15, 0.2) is 23.2 Å². The molecule has 29 heavy (non-hydrogen) atoms. The van der Waals surface area contributed by atoms with Crippen LogP contribution in [0.3, 0.4) is 0 Å². The number of likely N-dealkylation sites (N-methyl/N-ethyl adjacent to an activating group) is 1. The average molecular weight is 523 g/mol. The largest absolute Gasteiger partial charge is 0.355 e. The number of guanidine groups is 1. The van der Waals surface area contributed by atoms with Crippen molar-refractivity contribution in [1.29, 1.82) is 0 Å². The Bertz CT molecular complexity index is 621. The number of hydrogen-bond donors (Lipinski definition) is 2. The van der Waals surface area contributed by atoms with Crippen molar-refractivity contribution < 1.29 is 8.78 Å². The summed E-state index contributed by atoms with van der Waals surface area (Å²) in [6.45, 7) is 7.70. The van der Waals surface area contributed by atoms with E-state index in [1.54, 1.807) is 13.1 Å². The molecule has 0 radical (unpaired) electrons. The monoisotopic (exact) mass is 523 g/mol. The van der Waals surface area contributed by atoms with E-state index in [9.17, 15) is 8.78 Å². The van der Waals surface area contributed by atoms with Gasteiger partial charge >= 0.3 is 0 Å². The zero-order valence-corrected chi connectivity index (χ0v) is 20.2. The van der Waals surface area contributed by atoms with Crippen molar-refractivity contribution in [3.63, 3.8) is 0 Å². The van der Waals surface area contributed by atoms with Gasteiger partial charge in [-0.3, -0.25) is 9.89 Å². The van der Waals surface area contributed by atoms with E-state index in [2.05, 4.69) is 39.4 Å². The molecule has 166 valence electrons. The number of hydrogen-bond acceptors (Lipinski definition) is 3. The van der Waals surface area contributed by atoms with Crippen molar-refractivity contribution >= 4 is 29.9 Å². The van der Waals surface area contributed by atoms with Gasteiger partial charge in [0.05, 0.1) is 0 Å². The number of piperidine rings is 1. The van der Waals surface area contributed by atoms with E-state index < -0.39 is 11.6 Å². The lowest BCUT2D eigenvalue weighted by atomic mass is 10.0. The second-order valence-corrected chi connectivity index (χ2v) is 7.60. The lowest BCUT2D eigenvalue weighted by Gasteiger charge is -2.33. The number of benzene rings is 1. The third-order valence-corrected chi connectivity index (χ3v) is 5.22. The smallest absolute Gasteiger partial charge is 0.191 e. The van der Waals surface area contributed by atoms with Crippen LogP contribution in [0.4, 0.5) is 8.78 Å². The average Bonchev–Trinajstić information content (AvgIpc) is 2.69. The molecule has 0 bridgehead atoms. The van der Waals surface area contributed by atoms with Crippen LogP contribution in [-0.4, -0.2) is 68.6 Å². The highest BCUT2D eigenvalue weighted by atomic mass is 127. The van der Waals surface area contributed by atoms with Crippen LogP contribution in [0, 0.1) is 11.6 Å². The fraction of sp³-hybridized carbons (Fsp3) is 0.667. The van der Waals surface area contributed by atoms with Crippen molar-refractivity contribution in [2.24, 2.45) is 4.99 Å². The summed E-state index contributed by atoms with van der Waals surface area (Å²) in [5.74, 6) is -0.714. The molecule has 1 heterocycles. The maximum atomic E-state index is 13.4. The van der Waals surface area contributed by atoms with E-state index in [1.165, 1.54) is 25.0 Å². The molecule has 1 aromatic carbocycles. The van der Waals surface area contributed by atoms with Crippen LogP contribution in [-0.2, 0) is 6.54 Å². The third kappa shape index (κ3) is 9.57. The Hall–Kier alpha value is -1.00. The number of nitrogens with zero attached hydrogens (tertiary/aromatic N) is 3. The third-order valence-electron chi connectivity index (χ3n) is 5.22. The van der Waals surface area contributed by atoms with E-state index in [1.807, 2.05) is 0 Å². The molecule has 0 atom stereocenters. The van der Waals surface area contributed by atoms with Gasteiger partial charge in [0.1, 0.15) is 0 Å². The minimum absolute atomic E-state index is 0. The van der Waals surface area contributed by atoms with Gasteiger partial charge in [0, 0.05) is 45.8 Å². The Morgan fingerprint density at radius 1 is 1.21 bits per heavy atom. The first-order valence-corrected chi connectivity index (χ1v) is 10.3. The van der Waals surface area contributed by atoms with E-state index in [0.29, 0.717) is 12.6 Å². The molecule has 1 fully saturated rings. The van der Waals surface area contributed by atoms with Gasteiger partial charge in [-0.2, -0.15) is 0 Å². The number of likely N-dealkylation sites (tertiary alicyclic amines) is 1. The quantitative estimate of drug-likeness (QED) is 0.296. The summed E-state index contributed by atoms with van der Waals surface area (Å²) in [6.07, 6.45) is 4.45. The van der Waals surface area contributed by atoms with E-state index in [0.717, 1.165) is 57.1 Å². The molecule has 8 heteroatoms. The molecule has 0 unspecified atom stereocenters. The summed E-state index contributed by atoms with van der Waals surface area (Å²) in [5, 5.41) is 6.90. The fourth-order valence-corrected chi connectivity index (χ4v) is 3.42. The van der Waals surface area contributed by atoms with Crippen molar-refractivity contribution in [2.45, 2.75) is 45.2 Å². The SMILES string of the molecule is CCCCN(C)CCNC(=NC)NC1CCN(Cc2ccc(F)c(F)c2)CC1.I. The van der Waals surface area contributed by atoms with Gasteiger partial charge in [0.15, 0.2) is 17.6 Å². The van der Waals surface area contributed by atoms with E-state index >= 15 is 0 Å². The zero-order chi connectivity index (χ0) is 20.4. The molecule has 0 spiro atoms. The highest BCUT2D eigenvalue weighted by Gasteiger charge is 2.20. The minimum atomic E-state index is -0.790. The van der Waals surface area contributed by atoms with Crippen LogP contribution in [0.25, 0.3) is 0 Å². The minimum Gasteiger partial charge on any atom is -0.355 e. The highest BCUT2D eigenvalue weighted by Crippen LogP contribution is 2.15. The Labute approximate surface area is 191 Å². The molecular formula is C21H36F2IN5. The molecule has 0 amide bonds. The van der Waals surface area contributed by atoms with Crippen molar-refractivity contribution in [3.8, 4) is 0 Å². The lowest BCUT2D eigenvalue weighted by Crippen LogP contribution is -2.49. The first-order valence-electron chi connectivity index (χ1n) is 10.3. The maximum Gasteiger partial charge on any atom is 0.191 e. The second kappa shape index (κ2) is 14.1. The predicted molar refractivity (Wildman–Crippen MR) is 127 cm³/mol. The van der Waals surface area contributed by atoms with Gasteiger partial charge in [-0.1, -0.05) is 19.4 Å². The normalized spacial score (nSPS) is 16.0. The molecule has 1 aromatic rings. The number of aliphatic imine (C=N–C) groups is 1. The molecule has 2 N–H and O–H groups in total. The number of rotatable bonds is 9. The van der Waals surface area contributed by atoms with Crippen LogP contribution in [0.1, 0.15) is 38.2 Å². The first kappa shape index (κ1) is 26.0. The highest BCUT2D eigenvalue weighted by molar-refractivity contribution is 14.0. The molecule has 0 aromatic heterocycles. The topological polar surface area (TPSA) is 42.9 Å². The molecule has 0 saturated carbocycles. The van der Waals surface area contributed by atoms with Crippen LogP contribution >= 0.6 is 24.0 Å². The summed E-state index contributed by atoms with van der Waals surface area (Å²) < 4.78 is 26.4. The van der Waals surface area contributed by atoms with Crippen LogP contribution < -0.4 is 10.6 Å². The van der Waals surface area contributed by atoms with Gasteiger partial charge in [0.25, 0.3) is 0 Å². The van der Waals surface area contributed by atoms with Crippen molar-refractivity contribution in [3.05, 3.63) is 35.4 Å². The van der Waals surface area contributed by atoms with Crippen molar-refractivity contribution in [1.82, 2.24) is 20.4 Å². The van der Waals surface area contributed by atoms with Crippen LogP contribution in [0.5, 0.6) is 0 Å². The molecule has 1 aliphatic rings. The second-order valence-electron chi connectivity index (χ2n) is 7.60. The number of nitrogens with one attached hydrogen (secondary N) is 2. The molecule has 5 nitrogen and oxygen atoms in total. The van der Waals surface area contributed by atoms with Crippen LogP contribution in [0.2, 0.25) is 0 Å². The summed E-state index contributed by atoms with van der Waals surface area (Å²) in [6, 6.07) is 4.54. The molecular weight excluding hydrogens is 487 g/mol. The predicted octanol–water partition coefficient (Wildman–Crippen LogP) is 3.44. The molecule has 2 rings (SSSR count). The van der Waals surface area contributed by atoms with E-state index in [-0.39, 0.29) is 24.0 Å². The lowest BCUT2D eigenvalue weighted by molar-refractivity contribution is 0.198. The number of halogens is 3. The van der Waals surface area contributed by atoms with Gasteiger partial charge in [-0.15, -0.1) is 24.0 Å². The molecule has 0 aliphatic carbocycles.